The van der Waals surface area contributed by atoms with Crippen LogP contribution in [0, 0.1) is 0 Å². The molecule has 1 N–H and O–H groups in total. The van der Waals surface area contributed by atoms with Gasteiger partial charge >= 0.3 is 0 Å². The molecular formula is C9H18NO4P. The number of nitrogens with one attached hydrogen (secondary N) is 1. The number of carboxylic acids is 1. The van der Waals surface area contributed by atoms with Crippen molar-refractivity contribution in [2.45, 2.75) is 25.8 Å². The molecule has 1 rings (SSSR count). The number of rotatable bonds is 5. The molecule has 0 aliphatic carbocycles. The smallest absolute Gasteiger partial charge is 0.252 e. The summed E-state index contributed by atoms with van der Waals surface area (Å²) in [7, 11) is -2.65. The molecule has 0 spiro atoms. The first-order valence-corrected chi connectivity index (χ1v) is 7.48. The van der Waals surface area contributed by atoms with E-state index in [4.69, 9.17) is 4.52 Å². The highest BCUT2D eigenvalue weighted by Gasteiger charge is 2.34. The van der Waals surface area contributed by atoms with Gasteiger partial charge in [0.2, 0.25) is 0 Å². The summed E-state index contributed by atoms with van der Waals surface area (Å²) in [6.07, 6.45) is 1.75. The van der Waals surface area contributed by atoms with Crippen molar-refractivity contribution in [1.29, 1.82) is 0 Å². The van der Waals surface area contributed by atoms with Crippen LogP contribution in [-0.2, 0) is 13.9 Å². The van der Waals surface area contributed by atoms with Crippen LogP contribution in [0.2, 0.25) is 0 Å². The van der Waals surface area contributed by atoms with Crippen LogP contribution in [-0.4, -0.2) is 38.1 Å². The van der Waals surface area contributed by atoms with Gasteiger partial charge in [-0.2, -0.15) is 0 Å². The van der Waals surface area contributed by atoms with Crippen molar-refractivity contribution in [2.24, 2.45) is 0 Å². The van der Waals surface area contributed by atoms with Crippen LogP contribution in [0.4, 0.5) is 0 Å². The van der Waals surface area contributed by atoms with Gasteiger partial charge in [0.15, 0.2) is 6.29 Å². The molecule has 0 aromatic heterocycles. The molecule has 0 radical (unpaired) electrons. The van der Waals surface area contributed by atoms with Crippen molar-refractivity contribution < 1.29 is 23.9 Å². The maximum atomic E-state index is 11.9. The normalized spacial score (nSPS) is 30.0. The number of quaternary nitrogens is 1. The molecule has 1 aliphatic rings. The van der Waals surface area contributed by atoms with Crippen molar-refractivity contribution in [2.75, 3.05) is 26.1 Å². The lowest BCUT2D eigenvalue weighted by Crippen LogP contribution is -3.15. The predicted octanol–water partition coefficient (Wildman–Crippen LogP) is -1.31. The van der Waals surface area contributed by atoms with Crippen molar-refractivity contribution in [3.05, 3.63) is 0 Å². The molecule has 15 heavy (non-hydrogen) atoms. The minimum absolute atomic E-state index is 0.291. The van der Waals surface area contributed by atoms with E-state index in [0.29, 0.717) is 19.3 Å². The Kier molecular flexibility index (Phi) is 4.32. The van der Waals surface area contributed by atoms with E-state index < -0.39 is 19.4 Å². The second kappa shape index (κ2) is 5.10. The Morgan fingerprint density at radius 2 is 2.33 bits per heavy atom. The molecule has 1 fully saturated rings. The first-order chi connectivity index (χ1) is 6.96. The van der Waals surface area contributed by atoms with Gasteiger partial charge in [-0.3, -0.25) is 4.57 Å². The Morgan fingerprint density at radius 1 is 1.67 bits per heavy atom. The monoisotopic (exact) mass is 235 g/mol. The van der Waals surface area contributed by atoms with Crippen LogP contribution in [0.3, 0.4) is 0 Å². The first-order valence-electron chi connectivity index (χ1n) is 5.23. The van der Waals surface area contributed by atoms with Crippen molar-refractivity contribution >= 4 is 13.3 Å². The lowest BCUT2D eigenvalue weighted by Gasteiger charge is -2.24. The molecule has 6 heteroatoms. The highest BCUT2D eigenvalue weighted by molar-refractivity contribution is 7.57. The Balaban J connectivity index is 2.57. The van der Waals surface area contributed by atoms with Gasteiger partial charge in [-0.05, 0) is 6.92 Å². The highest BCUT2D eigenvalue weighted by Crippen LogP contribution is 2.39. The van der Waals surface area contributed by atoms with Crippen LogP contribution in [0.15, 0.2) is 0 Å². The SMILES string of the molecule is CCO[P@](C)(=O)C[NH+]1CCC[C@@H]1C(=O)[O-]. The minimum Gasteiger partial charge on any atom is -0.544 e. The molecular weight excluding hydrogens is 217 g/mol. The standard InChI is InChI=1S/C9H18NO4P/c1-3-14-15(2,13)7-10-6-4-5-8(10)9(11)12/h8H,3-7H2,1-2H3,(H,11,12)/t8-,15+/m1/s1. The van der Waals surface area contributed by atoms with E-state index in [0.717, 1.165) is 17.9 Å². The summed E-state index contributed by atoms with van der Waals surface area (Å²) in [5, 5.41) is 10.8. The third-order valence-corrected chi connectivity index (χ3v) is 4.45. The molecule has 0 saturated carbocycles. The number of carbonyl (C=O) groups excluding carboxylic acids is 1. The molecule has 0 bridgehead atoms. The number of aliphatic carboxylic acids is 1. The maximum Gasteiger partial charge on any atom is 0.252 e. The Bertz CT molecular complexity index is 281. The van der Waals surface area contributed by atoms with Crippen molar-refractivity contribution in [3.63, 3.8) is 0 Å². The van der Waals surface area contributed by atoms with Crippen LogP contribution >= 0.6 is 7.37 Å². The summed E-state index contributed by atoms with van der Waals surface area (Å²) in [6.45, 7) is 4.49. The number of carbonyl (C=O) groups is 1. The van der Waals surface area contributed by atoms with Crippen molar-refractivity contribution in [3.8, 4) is 0 Å². The molecule has 1 saturated heterocycles. The third kappa shape index (κ3) is 3.59. The van der Waals surface area contributed by atoms with Crippen LogP contribution < -0.4 is 10.0 Å². The van der Waals surface area contributed by atoms with Gasteiger partial charge in [0.1, 0.15) is 6.04 Å². The molecule has 3 atom stereocenters. The van der Waals surface area contributed by atoms with E-state index in [9.17, 15) is 14.5 Å². The van der Waals surface area contributed by atoms with E-state index in [1.54, 1.807) is 13.6 Å². The second-order valence-corrected chi connectivity index (χ2v) is 6.61. The predicted molar refractivity (Wildman–Crippen MR) is 53.9 cm³/mol. The van der Waals surface area contributed by atoms with Gasteiger partial charge < -0.3 is 19.3 Å². The average molecular weight is 235 g/mol. The quantitative estimate of drug-likeness (QED) is 0.600. The van der Waals surface area contributed by atoms with Gasteiger partial charge in [-0.25, -0.2) is 0 Å². The zero-order valence-electron chi connectivity index (χ0n) is 9.19. The summed E-state index contributed by atoms with van der Waals surface area (Å²) in [5.41, 5.74) is 0. The molecule has 0 aromatic rings. The maximum absolute atomic E-state index is 11.9. The van der Waals surface area contributed by atoms with E-state index in [1.807, 2.05) is 0 Å². The fourth-order valence-electron chi connectivity index (χ4n) is 2.07. The zero-order chi connectivity index (χ0) is 11.5. The summed E-state index contributed by atoms with van der Waals surface area (Å²) in [4.78, 5) is 11.6. The summed E-state index contributed by atoms with van der Waals surface area (Å²) in [5.74, 6) is -1.04. The molecule has 1 aliphatic heterocycles. The van der Waals surface area contributed by atoms with Crippen LogP contribution in [0.1, 0.15) is 19.8 Å². The van der Waals surface area contributed by atoms with E-state index in [-0.39, 0.29) is 0 Å². The van der Waals surface area contributed by atoms with E-state index in [2.05, 4.69) is 0 Å². The largest absolute Gasteiger partial charge is 0.544 e. The molecule has 1 unspecified atom stereocenters. The Labute approximate surface area is 89.9 Å². The summed E-state index contributed by atoms with van der Waals surface area (Å²) in [6, 6.07) is -0.515. The lowest BCUT2D eigenvalue weighted by molar-refractivity contribution is -0.894. The van der Waals surface area contributed by atoms with Crippen LogP contribution in [0.25, 0.3) is 0 Å². The fraction of sp³-hybridized carbons (Fsp3) is 0.889. The molecule has 1 heterocycles. The van der Waals surface area contributed by atoms with Gasteiger partial charge in [0, 0.05) is 19.5 Å². The first kappa shape index (κ1) is 12.7. The number of hydrogen-bond acceptors (Lipinski definition) is 4. The Hall–Kier alpha value is -0.380. The topological polar surface area (TPSA) is 70.9 Å². The van der Waals surface area contributed by atoms with E-state index >= 15 is 0 Å². The van der Waals surface area contributed by atoms with Gasteiger partial charge in [-0.15, -0.1) is 0 Å². The fourth-order valence-corrected chi connectivity index (χ4v) is 3.83. The average Bonchev–Trinajstić information content (AvgIpc) is 2.50. The van der Waals surface area contributed by atoms with Gasteiger partial charge in [0.05, 0.1) is 19.1 Å². The number of likely N-dealkylation sites (tertiary alicyclic amines) is 1. The van der Waals surface area contributed by atoms with Crippen LogP contribution in [0.5, 0.6) is 0 Å². The van der Waals surface area contributed by atoms with Gasteiger partial charge in [0.25, 0.3) is 7.37 Å². The minimum atomic E-state index is -2.65. The highest BCUT2D eigenvalue weighted by atomic mass is 31.2. The second-order valence-electron chi connectivity index (χ2n) is 4.01. The third-order valence-electron chi connectivity index (χ3n) is 2.66. The van der Waals surface area contributed by atoms with Gasteiger partial charge in [-0.1, -0.05) is 0 Å². The number of hydrogen-bond donors (Lipinski definition) is 1. The molecule has 0 aromatic carbocycles. The zero-order valence-corrected chi connectivity index (χ0v) is 10.1. The number of carboxylic acid groups (broad SMARTS) is 1. The van der Waals surface area contributed by atoms with Crippen molar-refractivity contribution in [1.82, 2.24) is 0 Å². The Morgan fingerprint density at radius 3 is 2.87 bits per heavy atom. The summed E-state index contributed by atoms with van der Waals surface area (Å²) < 4.78 is 17.0. The summed E-state index contributed by atoms with van der Waals surface area (Å²) >= 11 is 0. The van der Waals surface area contributed by atoms with E-state index in [1.165, 1.54) is 0 Å². The molecule has 0 amide bonds. The molecule has 88 valence electrons. The molecule has 5 nitrogen and oxygen atoms in total. The lowest BCUT2D eigenvalue weighted by atomic mass is 10.2.